The molecule has 128 valence electrons. The first-order valence-electron chi connectivity index (χ1n) is 8.45. The molecular weight excluding hydrogens is 324 g/mol. The van der Waals surface area contributed by atoms with Crippen LogP contribution in [0.1, 0.15) is 22.3 Å². The summed E-state index contributed by atoms with van der Waals surface area (Å²) in [4.78, 5) is 12.3. The molecule has 0 N–H and O–H groups in total. The molecule has 1 aliphatic rings. The lowest BCUT2D eigenvalue weighted by atomic mass is 9.77. The van der Waals surface area contributed by atoms with Gasteiger partial charge in [-0.15, -0.1) is 0 Å². The molecule has 0 saturated carbocycles. The van der Waals surface area contributed by atoms with Gasteiger partial charge >= 0.3 is 5.97 Å². The van der Waals surface area contributed by atoms with E-state index >= 15 is 0 Å². The SMILES string of the molecule is COC(=O)C1=Cc2ccccc2C(c2ccccc2)(c2ccccc2)O1. The van der Waals surface area contributed by atoms with Gasteiger partial charge in [0.05, 0.1) is 7.11 Å². The first kappa shape index (κ1) is 16.2. The normalized spacial score (nSPS) is 14.6. The van der Waals surface area contributed by atoms with E-state index in [1.807, 2.05) is 84.9 Å². The third kappa shape index (κ3) is 2.49. The van der Waals surface area contributed by atoms with Crippen molar-refractivity contribution in [3.63, 3.8) is 0 Å². The van der Waals surface area contributed by atoms with Crippen molar-refractivity contribution in [3.05, 3.63) is 113 Å². The highest BCUT2D eigenvalue weighted by molar-refractivity contribution is 5.93. The van der Waals surface area contributed by atoms with Crippen molar-refractivity contribution in [2.45, 2.75) is 5.60 Å². The molecule has 0 aromatic heterocycles. The Hall–Kier alpha value is -3.33. The van der Waals surface area contributed by atoms with Gasteiger partial charge in [-0.1, -0.05) is 84.9 Å². The highest BCUT2D eigenvalue weighted by Crippen LogP contribution is 2.46. The van der Waals surface area contributed by atoms with Crippen LogP contribution in [0.25, 0.3) is 6.08 Å². The second kappa shape index (κ2) is 6.52. The Balaban J connectivity index is 2.05. The van der Waals surface area contributed by atoms with Crippen molar-refractivity contribution >= 4 is 12.0 Å². The molecular formula is C23H18O3. The molecule has 0 unspecified atom stereocenters. The van der Waals surface area contributed by atoms with Gasteiger partial charge in [0.15, 0.2) is 5.60 Å². The van der Waals surface area contributed by atoms with E-state index in [1.54, 1.807) is 6.08 Å². The zero-order valence-electron chi connectivity index (χ0n) is 14.4. The standard InChI is InChI=1S/C23H18O3/c1-25-22(24)21-16-17-10-8-9-15-20(17)23(26-21,18-11-4-2-5-12-18)19-13-6-3-7-14-19/h2-16H,1H3. The van der Waals surface area contributed by atoms with E-state index in [9.17, 15) is 4.79 Å². The van der Waals surface area contributed by atoms with Gasteiger partial charge < -0.3 is 9.47 Å². The second-order valence-corrected chi connectivity index (χ2v) is 6.10. The Morgan fingerprint density at radius 2 is 1.35 bits per heavy atom. The molecule has 0 radical (unpaired) electrons. The maximum atomic E-state index is 12.3. The number of carbonyl (C=O) groups excluding carboxylic acids is 1. The van der Waals surface area contributed by atoms with Crippen LogP contribution >= 0.6 is 0 Å². The third-order valence-electron chi connectivity index (χ3n) is 4.64. The Kier molecular flexibility index (Phi) is 4.05. The predicted octanol–water partition coefficient (Wildman–Crippen LogP) is 4.52. The molecule has 0 bridgehead atoms. The minimum atomic E-state index is -0.919. The van der Waals surface area contributed by atoms with Gasteiger partial charge in [0.2, 0.25) is 5.76 Å². The van der Waals surface area contributed by atoms with Crippen molar-refractivity contribution in [3.8, 4) is 0 Å². The van der Waals surface area contributed by atoms with Gasteiger partial charge in [0, 0.05) is 16.7 Å². The van der Waals surface area contributed by atoms with Crippen LogP contribution in [0.2, 0.25) is 0 Å². The van der Waals surface area contributed by atoms with Crippen LogP contribution < -0.4 is 0 Å². The Morgan fingerprint density at radius 1 is 0.808 bits per heavy atom. The number of benzene rings is 3. The molecule has 3 nitrogen and oxygen atoms in total. The van der Waals surface area contributed by atoms with E-state index < -0.39 is 11.6 Å². The summed E-state index contributed by atoms with van der Waals surface area (Å²) in [5, 5.41) is 0. The lowest BCUT2D eigenvalue weighted by Gasteiger charge is -2.39. The van der Waals surface area contributed by atoms with Gasteiger partial charge in [-0.2, -0.15) is 0 Å². The van der Waals surface area contributed by atoms with Crippen molar-refractivity contribution in [1.29, 1.82) is 0 Å². The fourth-order valence-corrected chi connectivity index (χ4v) is 3.48. The fourth-order valence-electron chi connectivity index (χ4n) is 3.48. The summed E-state index contributed by atoms with van der Waals surface area (Å²) in [6.45, 7) is 0. The van der Waals surface area contributed by atoms with E-state index in [1.165, 1.54) is 7.11 Å². The maximum absolute atomic E-state index is 12.3. The van der Waals surface area contributed by atoms with Gasteiger partial charge in [-0.05, 0) is 11.6 Å². The first-order chi connectivity index (χ1) is 12.8. The van der Waals surface area contributed by atoms with Crippen LogP contribution in [0, 0.1) is 0 Å². The molecule has 3 aromatic carbocycles. The Morgan fingerprint density at radius 3 is 1.92 bits per heavy atom. The fraction of sp³-hybridized carbons (Fsp3) is 0.0870. The number of hydrogen-bond acceptors (Lipinski definition) is 3. The monoisotopic (exact) mass is 342 g/mol. The zero-order valence-corrected chi connectivity index (χ0v) is 14.4. The molecule has 0 spiro atoms. The number of methoxy groups -OCH3 is 1. The van der Waals surface area contributed by atoms with Crippen molar-refractivity contribution in [2.24, 2.45) is 0 Å². The predicted molar refractivity (Wildman–Crippen MR) is 100 cm³/mol. The third-order valence-corrected chi connectivity index (χ3v) is 4.64. The highest BCUT2D eigenvalue weighted by Gasteiger charge is 2.44. The van der Waals surface area contributed by atoms with Crippen LogP contribution in [-0.2, 0) is 19.9 Å². The summed E-state index contributed by atoms with van der Waals surface area (Å²) in [7, 11) is 1.36. The van der Waals surface area contributed by atoms with E-state index in [0.29, 0.717) is 0 Å². The average molecular weight is 342 g/mol. The lowest BCUT2D eigenvalue weighted by molar-refractivity contribution is -0.142. The number of carbonyl (C=O) groups is 1. The van der Waals surface area contributed by atoms with Crippen LogP contribution in [0.5, 0.6) is 0 Å². The minimum absolute atomic E-state index is 0.193. The molecule has 1 heterocycles. The van der Waals surface area contributed by atoms with E-state index in [2.05, 4.69) is 0 Å². The maximum Gasteiger partial charge on any atom is 0.373 e. The van der Waals surface area contributed by atoms with Gasteiger partial charge in [-0.25, -0.2) is 4.79 Å². The number of ether oxygens (including phenoxy) is 2. The van der Waals surface area contributed by atoms with Crippen LogP contribution in [0.4, 0.5) is 0 Å². The highest BCUT2D eigenvalue weighted by atomic mass is 16.6. The average Bonchev–Trinajstić information content (AvgIpc) is 2.73. The molecule has 0 fully saturated rings. The Labute approximate surface area is 152 Å². The van der Waals surface area contributed by atoms with Crippen molar-refractivity contribution in [2.75, 3.05) is 7.11 Å². The van der Waals surface area contributed by atoms with E-state index in [-0.39, 0.29) is 5.76 Å². The molecule has 1 aliphatic heterocycles. The molecule has 3 aromatic rings. The smallest absolute Gasteiger partial charge is 0.373 e. The molecule has 0 saturated heterocycles. The van der Waals surface area contributed by atoms with Crippen LogP contribution in [0.3, 0.4) is 0 Å². The van der Waals surface area contributed by atoms with Crippen molar-refractivity contribution in [1.82, 2.24) is 0 Å². The summed E-state index contributed by atoms with van der Waals surface area (Å²) in [5.41, 5.74) is 2.91. The summed E-state index contributed by atoms with van der Waals surface area (Å²) < 4.78 is 11.3. The summed E-state index contributed by atoms with van der Waals surface area (Å²) >= 11 is 0. The molecule has 4 rings (SSSR count). The lowest BCUT2D eigenvalue weighted by Crippen LogP contribution is -2.37. The number of fused-ring (bicyclic) bond motifs is 1. The second-order valence-electron chi connectivity index (χ2n) is 6.10. The first-order valence-corrected chi connectivity index (χ1v) is 8.45. The quantitative estimate of drug-likeness (QED) is 0.656. The molecule has 26 heavy (non-hydrogen) atoms. The van der Waals surface area contributed by atoms with Gasteiger partial charge in [-0.3, -0.25) is 0 Å². The number of hydrogen-bond donors (Lipinski definition) is 0. The Bertz CT molecular complexity index is 920. The molecule has 0 aliphatic carbocycles. The molecule has 3 heteroatoms. The largest absolute Gasteiger partial charge is 0.465 e. The zero-order chi connectivity index (χ0) is 18.0. The van der Waals surface area contributed by atoms with Gasteiger partial charge in [0.1, 0.15) is 0 Å². The number of esters is 1. The number of rotatable bonds is 3. The van der Waals surface area contributed by atoms with Gasteiger partial charge in [0.25, 0.3) is 0 Å². The van der Waals surface area contributed by atoms with E-state index in [0.717, 1.165) is 22.3 Å². The van der Waals surface area contributed by atoms with Crippen LogP contribution in [-0.4, -0.2) is 13.1 Å². The summed E-state index contributed by atoms with van der Waals surface area (Å²) in [5.74, 6) is -0.297. The molecule has 0 atom stereocenters. The van der Waals surface area contributed by atoms with E-state index in [4.69, 9.17) is 9.47 Å². The molecule has 0 amide bonds. The van der Waals surface area contributed by atoms with Crippen LogP contribution in [0.15, 0.2) is 90.7 Å². The topological polar surface area (TPSA) is 35.5 Å². The van der Waals surface area contributed by atoms with Crippen molar-refractivity contribution < 1.29 is 14.3 Å². The minimum Gasteiger partial charge on any atom is -0.465 e. The summed E-state index contributed by atoms with van der Waals surface area (Å²) in [6.07, 6.45) is 1.74. The summed E-state index contributed by atoms with van der Waals surface area (Å²) in [6, 6.07) is 27.9.